The molecule has 0 bridgehead atoms. The molecule has 2 fully saturated rings. The van der Waals surface area contributed by atoms with Gasteiger partial charge in [-0.05, 0) is 37.1 Å². The van der Waals surface area contributed by atoms with Crippen LogP contribution in [0.25, 0.3) is 0 Å². The fourth-order valence-corrected chi connectivity index (χ4v) is 5.36. The van der Waals surface area contributed by atoms with E-state index in [0.29, 0.717) is 31.6 Å². The molecule has 1 saturated heterocycles. The first-order valence-electron chi connectivity index (χ1n) is 9.77. The monoisotopic (exact) mass is 422 g/mol. The first-order valence-corrected chi connectivity index (χ1v) is 11.2. The maximum absolute atomic E-state index is 12.6. The number of hydrogen-bond acceptors (Lipinski definition) is 5. The number of rotatable bonds is 7. The lowest BCUT2D eigenvalue weighted by molar-refractivity contribution is -0.133. The molecule has 1 spiro atoms. The highest BCUT2D eigenvalue weighted by Gasteiger charge is 2.52. The van der Waals surface area contributed by atoms with E-state index in [4.69, 9.17) is 0 Å². The average Bonchev–Trinajstić information content (AvgIpc) is 3.24. The molecule has 2 aliphatic rings. The minimum atomic E-state index is -3.58. The molecule has 1 aliphatic heterocycles. The Balaban J connectivity index is 1.64. The predicted octanol–water partition coefficient (Wildman–Crippen LogP) is 1.52. The average molecular weight is 423 g/mol. The minimum Gasteiger partial charge on any atom is -0.325 e. The largest absolute Gasteiger partial charge is 0.325 e. The Morgan fingerprint density at radius 3 is 2.28 bits per heavy atom. The summed E-state index contributed by atoms with van der Waals surface area (Å²) in [7, 11) is -3.58. The van der Waals surface area contributed by atoms with Crippen molar-refractivity contribution in [2.24, 2.45) is 0 Å². The highest BCUT2D eigenvalue weighted by atomic mass is 32.2. The van der Waals surface area contributed by atoms with Gasteiger partial charge in [0.2, 0.25) is 15.9 Å². The summed E-state index contributed by atoms with van der Waals surface area (Å²) in [5, 5.41) is 5.33. The molecule has 10 heteroatoms. The lowest BCUT2D eigenvalue weighted by Gasteiger charge is -2.20. The van der Waals surface area contributed by atoms with Gasteiger partial charge in [-0.2, -0.15) is 4.31 Å². The highest BCUT2D eigenvalue weighted by molar-refractivity contribution is 7.89. The normalized spacial score (nSPS) is 18.5. The molecular formula is C19H26N4O5S. The number of nitrogens with zero attached hydrogens (tertiary/aromatic N) is 2. The number of anilines is 1. The molecule has 1 aliphatic carbocycles. The molecular weight excluding hydrogens is 396 g/mol. The Labute approximate surface area is 170 Å². The molecule has 2 N–H and O–H groups in total. The SMILES string of the molecule is CCN(CC)S(=O)(=O)c1ccc(NC(=O)CN2C(=O)NC3(CCCC3)C2=O)cc1. The Hall–Kier alpha value is -2.46. The van der Waals surface area contributed by atoms with E-state index in [9.17, 15) is 22.8 Å². The molecule has 3 rings (SSSR count). The van der Waals surface area contributed by atoms with Gasteiger partial charge in [0.05, 0.1) is 4.90 Å². The van der Waals surface area contributed by atoms with Gasteiger partial charge in [-0.15, -0.1) is 0 Å². The van der Waals surface area contributed by atoms with Gasteiger partial charge in [0.25, 0.3) is 5.91 Å². The van der Waals surface area contributed by atoms with Crippen molar-refractivity contribution in [2.75, 3.05) is 25.0 Å². The van der Waals surface area contributed by atoms with E-state index < -0.39 is 27.5 Å². The third kappa shape index (κ3) is 3.99. The number of carbonyl (C=O) groups excluding carboxylic acids is 3. The maximum atomic E-state index is 12.6. The first kappa shape index (κ1) is 21.3. The van der Waals surface area contributed by atoms with Gasteiger partial charge in [-0.3, -0.25) is 14.5 Å². The minimum absolute atomic E-state index is 0.136. The zero-order valence-corrected chi connectivity index (χ0v) is 17.4. The van der Waals surface area contributed by atoms with E-state index in [2.05, 4.69) is 10.6 Å². The summed E-state index contributed by atoms with van der Waals surface area (Å²) in [5.41, 5.74) is -0.464. The van der Waals surface area contributed by atoms with Crippen LogP contribution in [0.1, 0.15) is 39.5 Å². The molecule has 0 aromatic heterocycles. The molecule has 0 atom stereocenters. The van der Waals surface area contributed by atoms with Gasteiger partial charge in [-0.1, -0.05) is 26.7 Å². The molecule has 158 valence electrons. The van der Waals surface area contributed by atoms with Gasteiger partial charge < -0.3 is 10.6 Å². The molecule has 0 radical (unpaired) electrons. The van der Waals surface area contributed by atoms with Crippen molar-refractivity contribution in [2.45, 2.75) is 50.0 Å². The second-order valence-corrected chi connectivity index (χ2v) is 9.21. The second kappa shape index (κ2) is 8.11. The molecule has 4 amide bonds. The van der Waals surface area contributed by atoms with Crippen LogP contribution in [-0.2, 0) is 19.6 Å². The van der Waals surface area contributed by atoms with E-state index >= 15 is 0 Å². The summed E-state index contributed by atoms with van der Waals surface area (Å²) >= 11 is 0. The van der Waals surface area contributed by atoms with Crippen molar-refractivity contribution in [1.82, 2.24) is 14.5 Å². The van der Waals surface area contributed by atoms with Crippen LogP contribution in [0.15, 0.2) is 29.2 Å². The fourth-order valence-electron chi connectivity index (χ4n) is 3.90. The number of urea groups is 1. The zero-order valence-electron chi connectivity index (χ0n) is 16.6. The second-order valence-electron chi connectivity index (χ2n) is 7.27. The molecule has 1 aromatic rings. The van der Waals surface area contributed by atoms with E-state index in [-0.39, 0.29) is 17.3 Å². The third-order valence-corrected chi connectivity index (χ3v) is 7.55. The fraction of sp³-hybridized carbons (Fsp3) is 0.526. The van der Waals surface area contributed by atoms with E-state index in [1.807, 2.05) is 0 Å². The summed E-state index contributed by atoms with van der Waals surface area (Å²) < 4.78 is 26.4. The number of carbonyl (C=O) groups is 3. The van der Waals surface area contributed by atoms with Crippen LogP contribution < -0.4 is 10.6 Å². The van der Waals surface area contributed by atoms with Gasteiger partial charge >= 0.3 is 6.03 Å². The summed E-state index contributed by atoms with van der Waals surface area (Å²) in [5.74, 6) is -0.876. The Kier molecular flexibility index (Phi) is 5.95. The van der Waals surface area contributed by atoms with Gasteiger partial charge in [0, 0.05) is 18.8 Å². The topological polar surface area (TPSA) is 116 Å². The summed E-state index contributed by atoms with van der Waals surface area (Å²) in [6.45, 7) is 3.88. The van der Waals surface area contributed by atoms with Crippen molar-refractivity contribution in [3.05, 3.63) is 24.3 Å². The summed E-state index contributed by atoms with van der Waals surface area (Å²) in [6.07, 6.45) is 2.93. The van der Waals surface area contributed by atoms with Crippen LogP contribution >= 0.6 is 0 Å². The van der Waals surface area contributed by atoms with E-state index in [1.54, 1.807) is 13.8 Å². The van der Waals surface area contributed by atoms with Gasteiger partial charge in [0.1, 0.15) is 12.1 Å². The molecule has 1 heterocycles. The molecule has 0 unspecified atom stereocenters. The molecule has 9 nitrogen and oxygen atoms in total. The number of amides is 4. The van der Waals surface area contributed by atoms with Gasteiger partial charge in [0.15, 0.2) is 0 Å². The summed E-state index contributed by atoms with van der Waals surface area (Å²) in [6, 6.07) is 5.26. The van der Waals surface area contributed by atoms with Crippen LogP contribution in [0, 0.1) is 0 Å². The predicted molar refractivity (Wildman–Crippen MR) is 107 cm³/mol. The van der Waals surface area contributed by atoms with E-state index in [1.165, 1.54) is 28.6 Å². The molecule has 1 saturated carbocycles. The number of nitrogens with one attached hydrogen (secondary N) is 2. The van der Waals surface area contributed by atoms with Crippen LogP contribution in [0.4, 0.5) is 10.5 Å². The Bertz CT molecular complexity index is 903. The molecule has 29 heavy (non-hydrogen) atoms. The Morgan fingerprint density at radius 1 is 1.14 bits per heavy atom. The number of imide groups is 1. The lowest BCUT2D eigenvalue weighted by atomic mass is 9.98. The number of sulfonamides is 1. The van der Waals surface area contributed by atoms with Crippen molar-refractivity contribution in [3.63, 3.8) is 0 Å². The van der Waals surface area contributed by atoms with Crippen molar-refractivity contribution >= 4 is 33.6 Å². The van der Waals surface area contributed by atoms with Crippen LogP contribution in [-0.4, -0.2) is 60.6 Å². The van der Waals surface area contributed by atoms with Crippen molar-refractivity contribution in [3.8, 4) is 0 Å². The number of benzene rings is 1. The molecule has 1 aromatic carbocycles. The quantitative estimate of drug-likeness (QED) is 0.647. The first-order chi connectivity index (χ1) is 13.7. The van der Waals surface area contributed by atoms with Crippen molar-refractivity contribution in [1.29, 1.82) is 0 Å². The van der Waals surface area contributed by atoms with E-state index in [0.717, 1.165) is 17.7 Å². The smallest absolute Gasteiger partial charge is 0.325 e. The van der Waals surface area contributed by atoms with Gasteiger partial charge in [-0.25, -0.2) is 13.2 Å². The third-order valence-electron chi connectivity index (χ3n) is 5.49. The maximum Gasteiger partial charge on any atom is 0.325 e. The highest BCUT2D eigenvalue weighted by Crippen LogP contribution is 2.34. The Morgan fingerprint density at radius 2 is 1.72 bits per heavy atom. The van der Waals surface area contributed by atoms with Crippen molar-refractivity contribution < 1.29 is 22.8 Å². The zero-order chi connectivity index (χ0) is 21.2. The standard InChI is InChI=1S/C19H26N4O5S/c1-3-22(4-2)29(27,28)15-9-7-14(8-10-15)20-16(24)13-23-17(25)19(21-18(23)26)11-5-6-12-19/h7-10H,3-6,11-13H2,1-2H3,(H,20,24)(H,21,26). The lowest BCUT2D eigenvalue weighted by Crippen LogP contribution is -2.44. The number of hydrogen-bond donors (Lipinski definition) is 2. The summed E-state index contributed by atoms with van der Waals surface area (Å²) in [4.78, 5) is 38.2. The van der Waals surface area contributed by atoms with Crippen LogP contribution in [0.5, 0.6) is 0 Å². The van der Waals surface area contributed by atoms with Crippen LogP contribution in [0.2, 0.25) is 0 Å². The van der Waals surface area contributed by atoms with Crippen LogP contribution in [0.3, 0.4) is 0 Å².